The third-order valence-corrected chi connectivity index (χ3v) is 8.76. The molecule has 11 nitrogen and oxygen atoms in total. The number of nitrogens with one attached hydrogen (secondary N) is 2. The predicted octanol–water partition coefficient (Wildman–Crippen LogP) is 3.98. The van der Waals surface area contributed by atoms with Gasteiger partial charge in [0.25, 0.3) is 5.91 Å². The summed E-state index contributed by atoms with van der Waals surface area (Å²) in [6.07, 6.45) is -2.72. The van der Waals surface area contributed by atoms with Crippen molar-refractivity contribution in [3.8, 4) is 0 Å². The first-order valence-electron chi connectivity index (χ1n) is 16.5. The van der Waals surface area contributed by atoms with E-state index in [1.165, 1.54) is 12.1 Å². The van der Waals surface area contributed by atoms with Gasteiger partial charge in [-0.1, -0.05) is 54.6 Å². The molecule has 0 saturated carbocycles. The van der Waals surface area contributed by atoms with E-state index in [4.69, 9.17) is 19.3 Å². The molecule has 2 aliphatic carbocycles. The van der Waals surface area contributed by atoms with Gasteiger partial charge in [-0.3, -0.25) is 9.59 Å². The zero-order valence-electron chi connectivity index (χ0n) is 27.7. The third kappa shape index (κ3) is 8.76. The van der Waals surface area contributed by atoms with Gasteiger partial charge in [0.05, 0.1) is 12.2 Å². The third-order valence-electron chi connectivity index (χ3n) is 8.76. The van der Waals surface area contributed by atoms with Crippen LogP contribution in [0.25, 0.3) is 6.08 Å². The standard InChI is InChI=1S/C38H35F3N2O9/c39-38(40,41)22-49-32(45)13-12-24-7-3-4-11-29(24)36(48)50-30-17-28(35(47)43-21-23-6-5-10-25(16-23)34(46)42-14-15-44)18-31-33(30)52-37(51-31)19-26-8-1-2-9-27(26)20-37/h1-13,16,18,30-31,33,44H,14-15,17,19-22H2,(H,42,46)(H,43,47). The van der Waals surface area contributed by atoms with Crippen LogP contribution in [0.5, 0.6) is 0 Å². The van der Waals surface area contributed by atoms with Gasteiger partial charge in [-0.05, 0) is 52.6 Å². The Labute approximate surface area is 296 Å². The summed E-state index contributed by atoms with van der Waals surface area (Å²) in [7, 11) is 0. The van der Waals surface area contributed by atoms with Gasteiger partial charge >= 0.3 is 18.1 Å². The molecule has 3 aromatic rings. The fourth-order valence-electron chi connectivity index (χ4n) is 6.44. The minimum absolute atomic E-state index is 0.0179. The summed E-state index contributed by atoms with van der Waals surface area (Å²) in [5.41, 5.74) is 3.61. The molecule has 1 fully saturated rings. The molecule has 1 aliphatic heterocycles. The number of rotatable bonds is 11. The molecule has 52 heavy (non-hydrogen) atoms. The van der Waals surface area contributed by atoms with Crippen LogP contribution in [0.3, 0.4) is 0 Å². The molecule has 1 spiro atoms. The molecule has 272 valence electrons. The molecular formula is C38H35F3N2O9. The van der Waals surface area contributed by atoms with E-state index in [0.29, 0.717) is 24.0 Å². The molecule has 3 atom stereocenters. The largest absolute Gasteiger partial charge is 0.456 e. The van der Waals surface area contributed by atoms with Crippen LogP contribution < -0.4 is 10.6 Å². The summed E-state index contributed by atoms with van der Waals surface area (Å²) >= 11 is 0. The molecule has 0 aromatic heterocycles. The Balaban J connectivity index is 1.19. The first-order valence-corrected chi connectivity index (χ1v) is 16.5. The summed E-state index contributed by atoms with van der Waals surface area (Å²) in [6, 6.07) is 20.5. The average molecular weight is 721 g/mol. The first kappa shape index (κ1) is 36.5. The highest BCUT2D eigenvalue weighted by atomic mass is 19.4. The number of benzene rings is 3. The molecule has 0 bridgehead atoms. The molecule has 6 rings (SSSR count). The van der Waals surface area contributed by atoms with Crippen molar-refractivity contribution >= 4 is 29.8 Å². The van der Waals surface area contributed by atoms with Gasteiger partial charge in [0.1, 0.15) is 18.3 Å². The monoisotopic (exact) mass is 720 g/mol. The van der Waals surface area contributed by atoms with Crippen molar-refractivity contribution in [3.05, 3.63) is 124 Å². The van der Waals surface area contributed by atoms with Crippen LogP contribution in [0.15, 0.2) is 90.5 Å². The van der Waals surface area contributed by atoms with E-state index in [1.807, 2.05) is 24.3 Å². The summed E-state index contributed by atoms with van der Waals surface area (Å²) < 4.78 is 60.7. The van der Waals surface area contributed by atoms with Crippen molar-refractivity contribution in [2.75, 3.05) is 19.8 Å². The lowest BCUT2D eigenvalue weighted by Gasteiger charge is -2.30. The maximum Gasteiger partial charge on any atom is 0.422 e. The van der Waals surface area contributed by atoms with Crippen LogP contribution in [-0.2, 0) is 47.9 Å². The number of aliphatic hydroxyl groups excluding tert-OH is 1. The molecule has 3 aliphatic rings. The van der Waals surface area contributed by atoms with Crippen molar-refractivity contribution < 1.29 is 56.4 Å². The number of amides is 2. The minimum Gasteiger partial charge on any atom is -0.456 e. The Morgan fingerprint density at radius 1 is 0.923 bits per heavy atom. The van der Waals surface area contributed by atoms with Crippen LogP contribution in [0, 0.1) is 0 Å². The lowest BCUT2D eigenvalue weighted by Crippen LogP contribution is -2.43. The van der Waals surface area contributed by atoms with Crippen molar-refractivity contribution in [1.29, 1.82) is 0 Å². The second kappa shape index (κ2) is 15.5. The Kier molecular flexibility index (Phi) is 10.9. The normalized spacial score (nSPS) is 20.2. The van der Waals surface area contributed by atoms with E-state index in [0.717, 1.165) is 23.3 Å². The highest BCUT2D eigenvalue weighted by molar-refractivity contribution is 5.97. The van der Waals surface area contributed by atoms with Gasteiger partial charge in [-0.2, -0.15) is 13.2 Å². The van der Waals surface area contributed by atoms with Gasteiger partial charge in [-0.25, -0.2) is 9.59 Å². The SMILES string of the molecule is O=C(C=Cc1ccccc1C(=O)OC1CC(C(=O)NCc2cccc(C(=O)NCCO)c2)=CC2OC3(Cc4ccccc4C3)OC21)OCC(F)(F)F. The fourth-order valence-corrected chi connectivity index (χ4v) is 6.44. The smallest absolute Gasteiger partial charge is 0.422 e. The molecule has 1 heterocycles. The molecule has 14 heteroatoms. The lowest BCUT2D eigenvalue weighted by molar-refractivity contribution is -0.182. The first-order chi connectivity index (χ1) is 24.9. The number of aliphatic hydroxyl groups is 1. The molecule has 3 unspecified atom stereocenters. The van der Waals surface area contributed by atoms with Crippen molar-refractivity contribution in [3.63, 3.8) is 0 Å². The maximum atomic E-state index is 13.7. The Hall–Kier alpha value is -5.31. The molecule has 0 radical (unpaired) electrons. The zero-order valence-corrected chi connectivity index (χ0v) is 27.7. The van der Waals surface area contributed by atoms with E-state index in [2.05, 4.69) is 15.4 Å². The average Bonchev–Trinajstić information content (AvgIpc) is 3.68. The maximum absolute atomic E-state index is 13.7. The Morgan fingerprint density at radius 3 is 2.38 bits per heavy atom. The van der Waals surface area contributed by atoms with Gasteiger partial charge < -0.3 is 34.7 Å². The highest BCUT2D eigenvalue weighted by Gasteiger charge is 2.55. The van der Waals surface area contributed by atoms with E-state index < -0.39 is 54.7 Å². The lowest BCUT2D eigenvalue weighted by atomic mass is 9.91. The summed E-state index contributed by atoms with van der Waals surface area (Å²) in [5.74, 6) is -3.92. The number of hydrogen-bond acceptors (Lipinski definition) is 9. The number of fused-ring (bicyclic) bond motifs is 2. The van der Waals surface area contributed by atoms with Crippen molar-refractivity contribution in [2.24, 2.45) is 0 Å². The second-order valence-electron chi connectivity index (χ2n) is 12.5. The minimum atomic E-state index is -4.69. The van der Waals surface area contributed by atoms with Gasteiger partial charge in [0.15, 0.2) is 12.4 Å². The molecular weight excluding hydrogens is 685 g/mol. The van der Waals surface area contributed by atoms with E-state index in [1.54, 1.807) is 42.5 Å². The number of halogens is 3. The van der Waals surface area contributed by atoms with Crippen LogP contribution in [0.2, 0.25) is 0 Å². The van der Waals surface area contributed by atoms with Gasteiger partial charge in [-0.15, -0.1) is 0 Å². The van der Waals surface area contributed by atoms with E-state index >= 15 is 0 Å². The number of carbonyl (C=O) groups excluding carboxylic acids is 4. The second-order valence-corrected chi connectivity index (χ2v) is 12.5. The van der Waals surface area contributed by atoms with Gasteiger partial charge in [0.2, 0.25) is 5.91 Å². The van der Waals surface area contributed by atoms with Crippen molar-refractivity contribution in [1.82, 2.24) is 10.6 Å². The fraction of sp³-hybridized carbons (Fsp3) is 0.316. The number of alkyl halides is 3. The van der Waals surface area contributed by atoms with Gasteiger partial charge in [0, 0.05) is 49.6 Å². The summed E-state index contributed by atoms with van der Waals surface area (Å²) in [6.45, 7) is -1.77. The molecule has 1 saturated heterocycles. The molecule has 3 N–H and O–H groups in total. The zero-order chi connectivity index (χ0) is 36.9. The molecule has 3 aromatic carbocycles. The predicted molar refractivity (Wildman–Crippen MR) is 178 cm³/mol. The van der Waals surface area contributed by atoms with Crippen LogP contribution in [-0.4, -0.2) is 78.9 Å². The van der Waals surface area contributed by atoms with Crippen LogP contribution >= 0.6 is 0 Å². The Morgan fingerprint density at radius 2 is 1.65 bits per heavy atom. The van der Waals surface area contributed by atoms with Crippen LogP contribution in [0.1, 0.15) is 49.4 Å². The topological polar surface area (TPSA) is 149 Å². The van der Waals surface area contributed by atoms with Crippen LogP contribution in [0.4, 0.5) is 13.2 Å². The van der Waals surface area contributed by atoms with Crippen molar-refractivity contribution in [2.45, 2.75) is 56.1 Å². The quantitative estimate of drug-likeness (QED) is 0.198. The number of ether oxygens (including phenoxy) is 4. The molecule has 2 amide bonds. The van der Waals surface area contributed by atoms with E-state index in [9.17, 15) is 32.3 Å². The highest BCUT2D eigenvalue weighted by Crippen LogP contribution is 2.45. The number of carbonyl (C=O) groups is 4. The number of hydrogen-bond donors (Lipinski definition) is 3. The van der Waals surface area contributed by atoms with E-state index in [-0.39, 0.29) is 48.7 Å². The Bertz CT molecular complexity index is 1880. The summed E-state index contributed by atoms with van der Waals surface area (Å²) in [4.78, 5) is 51.5. The summed E-state index contributed by atoms with van der Waals surface area (Å²) in [5, 5.41) is 14.4. The number of esters is 2.